The molecule has 2 saturated heterocycles. The number of amides is 3. The SMILES string of the molecule is C=CCOC(=O)C(=O)N1C(=O)[C@H]([C@@](C)(O[SiH](C)C)C(C)(C)C)[C@H]1CC(=O)/C(C)=C/[C@@H]1CCCN1C(=O)OCC=C. The number of carbonyl (C=O) groups excluding carboxylic acids is 5. The van der Waals surface area contributed by atoms with Crippen molar-refractivity contribution in [2.45, 2.75) is 84.7 Å². The second-order valence-corrected chi connectivity index (χ2v) is 14.0. The summed E-state index contributed by atoms with van der Waals surface area (Å²) in [6, 6.07) is -1.22. The van der Waals surface area contributed by atoms with Crippen LogP contribution in [0.25, 0.3) is 0 Å². The van der Waals surface area contributed by atoms with Crippen molar-refractivity contribution in [3.8, 4) is 0 Å². The van der Waals surface area contributed by atoms with Gasteiger partial charge >= 0.3 is 18.0 Å². The molecule has 0 aromatic rings. The molecule has 0 spiro atoms. The highest BCUT2D eigenvalue weighted by atomic mass is 28.3. The molecule has 2 aliphatic heterocycles. The van der Waals surface area contributed by atoms with Gasteiger partial charge in [0.15, 0.2) is 14.8 Å². The molecule has 0 aliphatic carbocycles. The number of Topliss-reactive ketones (excluding diaryl/α,β-unsaturated/α-hetero) is 1. The Bertz CT molecular complexity index is 1060. The number of ether oxygens (including phenoxy) is 2. The molecular weight excluding hydrogens is 532 g/mol. The van der Waals surface area contributed by atoms with Gasteiger partial charge in [0.05, 0.1) is 23.6 Å². The van der Waals surface area contributed by atoms with Crippen molar-refractivity contribution in [3.05, 3.63) is 37.0 Å². The number of imide groups is 1. The molecule has 0 aromatic carbocycles. The topological polar surface area (TPSA) is 120 Å². The van der Waals surface area contributed by atoms with Gasteiger partial charge in [0, 0.05) is 13.0 Å². The van der Waals surface area contributed by atoms with Crippen molar-refractivity contribution in [1.29, 1.82) is 0 Å². The molecule has 0 radical (unpaired) electrons. The molecule has 0 bridgehead atoms. The molecule has 0 N–H and O–H groups in total. The Morgan fingerprint density at radius 2 is 1.65 bits per heavy atom. The number of carbonyl (C=O) groups is 5. The van der Waals surface area contributed by atoms with Gasteiger partial charge in [0.25, 0.3) is 0 Å². The smallest absolute Gasteiger partial charge is 0.410 e. The molecule has 3 amide bonds. The van der Waals surface area contributed by atoms with Crippen LogP contribution in [0, 0.1) is 11.3 Å². The van der Waals surface area contributed by atoms with Crippen molar-refractivity contribution >= 4 is 38.7 Å². The minimum Gasteiger partial charge on any atom is -0.454 e. The third-order valence-corrected chi connectivity index (χ3v) is 8.60. The number of likely N-dealkylation sites (tertiary alicyclic amines) is 2. The van der Waals surface area contributed by atoms with Gasteiger partial charge < -0.3 is 18.8 Å². The van der Waals surface area contributed by atoms with Crippen LogP contribution in [-0.2, 0) is 33.1 Å². The maximum atomic E-state index is 13.5. The first-order valence-electron chi connectivity index (χ1n) is 13.7. The number of hydrogen-bond donors (Lipinski definition) is 0. The Kier molecular flexibility index (Phi) is 11.2. The number of ketones is 1. The van der Waals surface area contributed by atoms with Crippen LogP contribution in [0.4, 0.5) is 4.79 Å². The zero-order chi connectivity index (χ0) is 30.4. The monoisotopic (exact) mass is 576 g/mol. The number of nitrogens with zero attached hydrogens (tertiary/aromatic N) is 2. The summed E-state index contributed by atoms with van der Waals surface area (Å²) in [6.45, 7) is 20.7. The fourth-order valence-electron chi connectivity index (χ4n) is 5.25. The van der Waals surface area contributed by atoms with E-state index in [4.69, 9.17) is 13.9 Å². The average molecular weight is 577 g/mol. The summed E-state index contributed by atoms with van der Waals surface area (Å²) >= 11 is 0. The van der Waals surface area contributed by atoms with E-state index in [1.54, 1.807) is 17.9 Å². The quantitative estimate of drug-likeness (QED) is 0.0915. The summed E-state index contributed by atoms with van der Waals surface area (Å²) in [6.07, 6.45) is 5.30. The summed E-state index contributed by atoms with van der Waals surface area (Å²) in [5, 5.41) is 0. The van der Waals surface area contributed by atoms with Gasteiger partial charge in [-0.2, -0.15) is 0 Å². The Morgan fingerprint density at radius 3 is 2.20 bits per heavy atom. The van der Waals surface area contributed by atoms with Crippen molar-refractivity contribution in [3.63, 3.8) is 0 Å². The average Bonchev–Trinajstić information content (AvgIpc) is 3.32. The fraction of sp³-hybridized carbons (Fsp3) is 0.621. The van der Waals surface area contributed by atoms with Gasteiger partial charge in [0.2, 0.25) is 5.91 Å². The van der Waals surface area contributed by atoms with Gasteiger partial charge in [0.1, 0.15) is 13.2 Å². The first kappa shape index (κ1) is 33.2. The molecule has 11 heteroatoms. The molecule has 0 aromatic heterocycles. The Hall–Kier alpha value is -3.05. The number of allylic oxidation sites excluding steroid dienone is 1. The molecule has 40 heavy (non-hydrogen) atoms. The Labute approximate surface area is 239 Å². The van der Waals surface area contributed by atoms with Crippen LogP contribution in [0.2, 0.25) is 13.1 Å². The van der Waals surface area contributed by atoms with E-state index in [9.17, 15) is 24.0 Å². The van der Waals surface area contributed by atoms with Crippen LogP contribution in [0.1, 0.15) is 53.9 Å². The van der Waals surface area contributed by atoms with Crippen LogP contribution in [0.3, 0.4) is 0 Å². The van der Waals surface area contributed by atoms with Crippen LogP contribution in [-0.4, -0.2) is 85.9 Å². The van der Waals surface area contributed by atoms with E-state index < -0.39 is 55.9 Å². The lowest BCUT2D eigenvalue weighted by molar-refractivity contribution is -0.193. The van der Waals surface area contributed by atoms with Crippen LogP contribution >= 0.6 is 0 Å². The predicted molar refractivity (Wildman–Crippen MR) is 153 cm³/mol. The number of β-lactam (4-membered cyclic amide) rings is 1. The minimum absolute atomic E-state index is 0.0910. The molecule has 0 unspecified atom stereocenters. The maximum absolute atomic E-state index is 13.5. The standard InChI is InChI=1S/C29H44N2O8Si/c1-10-15-37-26(35)25(34)31-21(23(24(31)33)29(7,28(4,5)6)39-40(8)9)18-22(32)19(3)17-20-13-12-14-30(20)27(36)38-16-11-2/h10-11,17,20-21,23,40H,1-2,12-16,18H2,3-9H3/b19-17+/t20-,21+,23+,29+/m0/s1. The highest BCUT2D eigenvalue weighted by Crippen LogP contribution is 2.49. The van der Waals surface area contributed by atoms with Gasteiger partial charge in [-0.1, -0.05) is 52.2 Å². The summed E-state index contributed by atoms with van der Waals surface area (Å²) in [4.78, 5) is 67.3. The molecule has 4 atom stereocenters. The van der Waals surface area contributed by atoms with Crippen molar-refractivity contribution in [1.82, 2.24) is 9.80 Å². The van der Waals surface area contributed by atoms with Crippen molar-refractivity contribution in [2.24, 2.45) is 11.3 Å². The third kappa shape index (κ3) is 7.17. The lowest BCUT2D eigenvalue weighted by Gasteiger charge is -2.57. The van der Waals surface area contributed by atoms with E-state index in [1.165, 1.54) is 12.2 Å². The van der Waals surface area contributed by atoms with E-state index in [2.05, 4.69) is 13.2 Å². The van der Waals surface area contributed by atoms with E-state index in [0.717, 1.165) is 11.3 Å². The molecule has 2 rings (SSSR count). The molecule has 0 saturated carbocycles. The summed E-state index contributed by atoms with van der Waals surface area (Å²) in [5.41, 5.74) is -1.12. The molecule has 2 fully saturated rings. The molecule has 222 valence electrons. The predicted octanol–water partition coefficient (Wildman–Crippen LogP) is 3.57. The van der Waals surface area contributed by atoms with Gasteiger partial charge in [-0.25, -0.2) is 9.59 Å². The molecular formula is C29H44N2O8Si. The second-order valence-electron chi connectivity index (χ2n) is 11.7. The molecule has 10 nitrogen and oxygen atoms in total. The minimum atomic E-state index is -1.68. The van der Waals surface area contributed by atoms with Crippen LogP contribution in [0.15, 0.2) is 37.0 Å². The molecule has 2 heterocycles. The Balaban J connectivity index is 2.38. The largest absolute Gasteiger partial charge is 0.454 e. The molecule has 2 aliphatic rings. The lowest BCUT2D eigenvalue weighted by atomic mass is 9.62. The zero-order valence-corrected chi connectivity index (χ0v) is 26.0. The normalized spacial score (nSPS) is 22.9. The third-order valence-electron chi connectivity index (χ3n) is 7.64. The second kappa shape index (κ2) is 13.5. The highest BCUT2D eigenvalue weighted by Gasteiger charge is 2.63. The summed E-state index contributed by atoms with van der Waals surface area (Å²) in [5.74, 6) is -4.00. The van der Waals surface area contributed by atoms with E-state index in [1.807, 2.05) is 40.8 Å². The van der Waals surface area contributed by atoms with Crippen LogP contribution in [0.5, 0.6) is 0 Å². The van der Waals surface area contributed by atoms with Crippen LogP contribution < -0.4 is 0 Å². The highest BCUT2D eigenvalue weighted by molar-refractivity contribution is 6.48. The first-order valence-corrected chi connectivity index (χ1v) is 16.5. The van der Waals surface area contributed by atoms with Gasteiger partial charge in [-0.15, -0.1) is 0 Å². The van der Waals surface area contributed by atoms with Gasteiger partial charge in [-0.05, 0) is 50.8 Å². The van der Waals surface area contributed by atoms with E-state index in [0.29, 0.717) is 18.5 Å². The summed E-state index contributed by atoms with van der Waals surface area (Å²) < 4.78 is 16.5. The Morgan fingerprint density at radius 1 is 1.05 bits per heavy atom. The van der Waals surface area contributed by atoms with E-state index in [-0.39, 0.29) is 31.5 Å². The zero-order valence-electron chi connectivity index (χ0n) is 24.9. The van der Waals surface area contributed by atoms with Crippen molar-refractivity contribution < 1.29 is 37.9 Å². The van der Waals surface area contributed by atoms with E-state index >= 15 is 0 Å². The first-order chi connectivity index (χ1) is 18.6. The summed E-state index contributed by atoms with van der Waals surface area (Å²) in [7, 11) is -1.68. The number of rotatable bonds is 11. The number of esters is 1. The lowest BCUT2D eigenvalue weighted by Crippen LogP contribution is -2.73. The number of hydrogen-bond acceptors (Lipinski definition) is 8. The van der Waals surface area contributed by atoms with Crippen molar-refractivity contribution in [2.75, 3.05) is 19.8 Å². The maximum Gasteiger partial charge on any atom is 0.410 e. The van der Waals surface area contributed by atoms with Gasteiger partial charge in [-0.3, -0.25) is 19.3 Å². The fourth-order valence-corrected chi connectivity index (χ4v) is 6.73.